The Labute approximate surface area is 112 Å². The van der Waals surface area contributed by atoms with E-state index in [9.17, 15) is 0 Å². The van der Waals surface area contributed by atoms with E-state index in [4.69, 9.17) is 15.2 Å². The minimum absolute atomic E-state index is 0.00327. The first-order valence-corrected chi connectivity index (χ1v) is 6.66. The Morgan fingerprint density at radius 1 is 1.37 bits per heavy atom. The van der Waals surface area contributed by atoms with E-state index in [-0.39, 0.29) is 18.2 Å². The van der Waals surface area contributed by atoms with E-state index in [0.717, 1.165) is 23.1 Å². The number of para-hydroxylation sites is 1. The molecule has 0 radical (unpaired) electrons. The van der Waals surface area contributed by atoms with E-state index in [1.165, 1.54) is 0 Å². The second-order valence-corrected chi connectivity index (χ2v) is 4.84. The standard InChI is InChI=1S/C15H18N2O2/c1-2-18-15-12(16)8-14(15)19-11-7-10-5-3-4-6-13(10)17-9-11/h3-7,9,12,14-15H,2,8,16H2,1H3. The molecule has 3 unspecified atom stereocenters. The number of ether oxygens (including phenoxy) is 2. The van der Waals surface area contributed by atoms with Gasteiger partial charge in [-0.2, -0.15) is 0 Å². The van der Waals surface area contributed by atoms with Gasteiger partial charge in [0.15, 0.2) is 0 Å². The third-order valence-corrected chi connectivity index (χ3v) is 3.50. The average Bonchev–Trinajstić information content (AvgIpc) is 2.44. The van der Waals surface area contributed by atoms with E-state index in [1.807, 2.05) is 37.3 Å². The molecule has 2 aromatic rings. The molecule has 19 heavy (non-hydrogen) atoms. The zero-order valence-corrected chi connectivity index (χ0v) is 11.0. The molecule has 1 saturated carbocycles. The van der Waals surface area contributed by atoms with Gasteiger partial charge in [0.25, 0.3) is 0 Å². The quantitative estimate of drug-likeness (QED) is 0.912. The molecule has 3 rings (SSSR count). The smallest absolute Gasteiger partial charge is 0.138 e. The minimum Gasteiger partial charge on any atom is -0.486 e. The predicted octanol–water partition coefficient (Wildman–Crippen LogP) is 2.12. The van der Waals surface area contributed by atoms with Gasteiger partial charge in [-0.15, -0.1) is 0 Å². The fourth-order valence-corrected chi connectivity index (χ4v) is 2.44. The van der Waals surface area contributed by atoms with Crippen molar-refractivity contribution in [1.82, 2.24) is 4.98 Å². The van der Waals surface area contributed by atoms with Crippen molar-refractivity contribution in [3.05, 3.63) is 36.5 Å². The van der Waals surface area contributed by atoms with E-state index in [1.54, 1.807) is 6.20 Å². The normalized spacial score (nSPS) is 26.1. The van der Waals surface area contributed by atoms with Crippen LogP contribution in [0, 0.1) is 0 Å². The molecule has 1 aliphatic carbocycles. The number of nitrogens with zero attached hydrogens (tertiary/aromatic N) is 1. The summed E-state index contributed by atoms with van der Waals surface area (Å²) in [4.78, 5) is 4.39. The first kappa shape index (κ1) is 12.4. The first-order valence-electron chi connectivity index (χ1n) is 6.66. The Balaban J connectivity index is 1.75. The lowest BCUT2D eigenvalue weighted by atomic mass is 9.86. The maximum atomic E-state index is 5.93. The summed E-state index contributed by atoms with van der Waals surface area (Å²) < 4.78 is 11.5. The van der Waals surface area contributed by atoms with Crippen LogP contribution in [0.2, 0.25) is 0 Å². The summed E-state index contributed by atoms with van der Waals surface area (Å²) in [5.74, 6) is 0.778. The number of nitrogens with two attached hydrogens (primary N) is 1. The second kappa shape index (κ2) is 5.15. The van der Waals surface area contributed by atoms with Crippen molar-refractivity contribution >= 4 is 10.9 Å². The molecule has 1 aromatic heterocycles. The van der Waals surface area contributed by atoms with Gasteiger partial charge in [-0.3, -0.25) is 4.98 Å². The number of rotatable bonds is 4. The van der Waals surface area contributed by atoms with E-state index < -0.39 is 0 Å². The molecule has 4 heteroatoms. The largest absolute Gasteiger partial charge is 0.486 e. The summed E-state index contributed by atoms with van der Waals surface area (Å²) in [5, 5.41) is 1.08. The molecular formula is C15H18N2O2. The third-order valence-electron chi connectivity index (χ3n) is 3.50. The van der Waals surface area contributed by atoms with Crippen LogP contribution in [0.15, 0.2) is 36.5 Å². The SMILES string of the molecule is CCOC1C(N)CC1Oc1cnc2ccccc2c1. The van der Waals surface area contributed by atoms with E-state index in [2.05, 4.69) is 4.98 Å². The lowest BCUT2D eigenvalue weighted by Gasteiger charge is -2.41. The van der Waals surface area contributed by atoms with Crippen molar-refractivity contribution in [1.29, 1.82) is 0 Å². The number of fused-ring (bicyclic) bond motifs is 1. The van der Waals surface area contributed by atoms with Gasteiger partial charge in [0, 0.05) is 24.5 Å². The Morgan fingerprint density at radius 3 is 3.00 bits per heavy atom. The Kier molecular flexibility index (Phi) is 3.36. The number of aromatic nitrogens is 1. The maximum absolute atomic E-state index is 5.93. The molecule has 1 fully saturated rings. The van der Waals surface area contributed by atoms with Crippen LogP contribution in [0.1, 0.15) is 13.3 Å². The lowest BCUT2D eigenvalue weighted by Crippen LogP contribution is -2.59. The second-order valence-electron chi connectivity index (χ2n) is 4.84. The van der Waals surface area contributed by atoms with Crippen LogP contribution >= 0.6 is 0 Å². The van der Waals surface area contributed by atoms with E-state index >= 15 is 0 Å². The highest BCUT2D eigenvalue weighted by Gasteiger charge is 2.41. The molecule has 0 bridgehead atoms. The number of pyridine rings is 1. The first-order chi connectivity index (χ1) is 9.28. The summed E-state index contributed by atoms with van der Waals surface area (Å²) in [6, 6.07) is 10.1. The molecule has 0 spiro atoms. The molecule has 2 N–H and O–H groups in total. The van der Waals surface area contributed by atoms with Crippen LogP contribution in [0.25, 0.3) is 10.9 Å². The lowest BCUT2D eigenvalue weighted by molar-refractivity contribution is -0.0945. The van der Waals surface area contributed by atoms with Crippen molar-refractivity contribution < 1.29 is 9.47 Å². The summed E-state index contributed by atoms with van der Waals surface area (Å²) in [5.41, 5.74) is 6.90. The highest BCUT2D eigenvalue weighted by molar-refractivity contribution is 5.79. The molecule has 100 valence electrons. The Bertz CT molecular complexity index is 573. The number of hydrogen-bond donors (Lipinski definition) is 1. The van der Waals surface area contributed by atoms with Gasteiger partial charge in [0.1, 0.15) is 18.0 Å². The van der Waals surface area contributed by atoms with Gasteiger partial charge in [-0.1, -0.05) is 18.2 Å². The van der Waals surface area contributed by atoms with Gasteiger partial charge >= 0.3 is 0 Å². The summed E-state index contributed by atoms with van der Waals surface area (Å²) >= 11 is 0. The highest BCUT2D eigenvalue weighted by atomic mass is 16.5. The van der Waals surface area contributed by atoms with Crippen LogP contribution in [-0.2, 0) is 4.74 Å². The minimum atomic E-state index is -0.00327. The van der Waals surface area contributed by atoms with Crippen LogP contribution in [0.3, 0.4) is 0 Å². The van der Waals surface area contributed by atoms with Crippen molar-refractivity contribution in [2.75, 3.05) is 6.61 Å². The van der Waals surface area contributed by atoms with Crippen LogP contribution in [0.4, 0.5) is 0 Å². The molecule has 1 heterocycles. The average molecular weight is 258 g/mol. The molecule has 0 aliphatic heterocycles. The predicted molar refractivity (Wildman–Crippen MR) is 74.2 cm³/mol. The fraction of sp³-hybridized carbons (Fsp3) is 0.400. The number of benzene rings is 1. The van der Waals surface area contributed by atoms with Crippen molar-refractivity contribution in [2.24, 2.45) is 5.73 Å². The Morgan fingerprint density at radius 2 is 2.21 bits per heavy atom. The highest BCUT2D eigenvalue weighted by Crippen LogP contribution is 2.28. The van der Waals surface area contributed by atoms with Crippen LogP contribution in [0.5, 0.6) is 5.75 Å². The molecule has 4 nitrogen and oxygen atoms in total. The maximum Gasteiger partial charge on any atom is 0.138 e. The molecule has 0 amide bonds. The van der Waals surface area contributed by atoms with Crippen LogP contribution < -0.4 is 10.5 Å². The zero-order chi connectivity index (χ0) is 13.2. The summed E-state index contributed by atoms with van der Waals surface area (Å²) in [6.07, 6.45) is 2.63. The van der Waals surface area contributed by atoms with Crippen LogP contribution in [-0.4, -0.2) is 29.8 Å². The molecule has 3 atom stereocenters. The van der Waals surface area contributed by atoms with Crippen molar-refractivity contribution in [2.45, 2.75) is 31.6 Å². The molecular weight excluding hydrogens is 240 g/mol. The number of hydrogen-bond acceptors (Lipinski definition) is 4. The van der Waals surface area contributed by atoms with Gasteiger partial charge < -0.3 is 15.2 Å². The fourth-order valence-electron chi connectivity index (χ4n) is 2.44. The van der Waals surface area contributed by atoms with Gasteiger partial charge in [-0.05, 0) is 19.1 Å². The zero-order valence-electron chi connectivity index (χ0n) is 11.0. The van der Waals surface area contributed by atoms with E-state index in [0.29, 0.717) is 6.61 Å². The Hall–Kier alpha value is -1.65. The summed E-state index contributed by atoms with van der Waals surface area (Å²) in [6.45, 7) is 2.63. The summed E-state index contributed by atoms with van der Waals surface area (Å²) in [7, 11) is 0. The third kappa shape index (κ3) is 2.41. The van der Waals surface area contributed by atoms with Crippen molar-refractivity contribution in [3.63, 3.8) is 0 Å². The van der Waals surface area contributed by atoms with Gasteiger partial charge in [0.05, 0.1) is 11.7 Å². The molecule has 0 saturated heterocycles. The monoisotopic (exact) mass is 258 g/mol. The topological polar surface area (TPSA) is 57.4 Å². The van der Waals surface area contributed by atoms with Gasteiger partial charge in [-0.25, -0.2) is 0 Å². The molecule has 1 aliphatic rings. The van der Waals surface area contributed by atoms with Gasteiger partial charge in [0.2, 0.25) is 0 Å². The van der Waals surface area contributed by atoms with Crippen molar-refractivity contribution in [3.8, 4) is 5.75 Å². The molecule has 1 aromatic carbocycles.